The molecule has 12 nitrogen and oxygen atoms in total. The quantitative estimate of drug-likeness (QED) is 0.208. The maximum atomic E-state index is 15.0. The van der Waals surface area contributed by atoms with E-state index in [9.17, 15) is 30.0 Å². The molecule has 0 bridgehead atoms. The first-order chi connectivity index (χ1) is 23.7. The number of thiazole rings is 1. The van der Waals surface area contributed by atoms with E-state index in [-0.39, 0.29) is 11.5 Å². The summed E-state index contributed by atoms with van der Waals surface area (Å²) in [6.07, 6.45) is 4.38. The van der Waals surface area contributed by atoms with E-state index >= 15 is 0 Å². The van der Waals surface area contributed by atoms with E-state index in [1.807, 2.05) is 17.0 Å². The average molecular weight is 745 g/mol. The van der Waals surface area contributed by atoms with Gasteiger partial charge in [-0.15, -0.1) is 0 Å². The lowest BCUT2D eigenvalue weighted by atomic mass is 10.1. The van der Waals surface area contributed by atoms with Crippen molar-refractivity contribution < 1.29 is 30.0 Å². The highest BCUT2D eigenvalue weighted by Gasteiger charge is 2.27. The third-order valence-corrected chi connectivity index (χ3v) is 12.1. The first-order valence-electron chi connectivity index (χ1n) is 15.1. The van der Waals surface area contributed by atoms with Crippen molar-refractivity contribution in [3.63, 3.8) is 0 Å². The number of nitrogens with zero attached hydrogens (tertiary/aromatic N) is 7. The minimum atomic E-state index is -4.60. The summed E-state index contributed by atoms with van der Waals surface area (Å²) >= 11 is 1.30. The zero-order valence-corrected chi connectivity index (χ0v) is 29.5. The van der Waals surface area contributed by atoms with Crippen LogP contribution in [0.2, 0.25) is 0 Å². The number of piperazine rings is 1. The van der Waals surface area contributed by atoms with Crippen LogP contribution in [0, 0.1) is 17.5 Å². The maximum Gasteiger partial charge on any atom is 0.227 e. The van der Waals surface area contributed by atoms with Gasteiger partial charge in [0.05, 0.1) is 40.2 Å². The van der Waals surface area contributed by atoms with Crippen LogP contribution in [0.25, 0.3) is 21.8 Å². The molecule has 4 heterocycles. The summed E-state index contributed by atoms with van der Waals surface area (Å²) < 4.78 is 94.9. The van der Waals surface area contributed by atoms with Crippen molar-refractivity contribution in [2.24, 2.45) is 0 Å². The van der Waals surface area contributed by atoms with Crippen molar-refractivity contribution >= 4 is 53.8 Å². The van der Waals surface area contributed by atoms with Crippen molar-refractivity contribution in [3.05, 3.63) is 90.0 Å². The molecule has 2 aromatic carbocycles. The Morgan fingerprint density at radius 3 is 2.24 bits per heavy atom. The Morgan fingerprint density at radius 1 is 0.880 bits per heavy atom. The molecule has 1 saturated heterocycles. The van der Waals surface area contributed by atoms with E-state index in [4.69, 9.17) is 4.98 Å². The van der Waals surface area contributed by atoms with Gasteiger partial charge in [0.2, 0.25) is 16.0 Å². The van der Waals surface area contributed by atoms with Crippen LogP contribution in [0.3, 0.4) is 0 Å². The number of nitrogens with one attached hydrogen (secondary N) is 1. The van der Waals surface area contributed by atoms with Crippen LogP contribution >= 0.6 is 11.3 Å². The van der Waals surface area contributed by atoms with Gasteiger partial charge < -0.3 is 15.1 Å². The number of rotatable bonds is 10. The summed E-state index contributed by atoms with van der Waals surface area (Å²) in [6, 6.07) is 11.9. The third kappa shape index (κ3) is 7.57. The second-order valence-electron chi connectivity index (χ2n) is 11.6. The molecule has 5 aromatic rings. The van der Waals surface area contributed by atoms with E-state index in [0.29, 0.717) is 64.6 Å². The number of halogens is 3. The lowest BCUT2D eigenvalue weighted by molar-refractivity contribution is 0.387. The summed E-state index contributed by atoms with van der Waals surface area (Å²) in [5, 5.41) is 3.72. The van der Waals surface area contributed by atoms with Crippen LogP contribution in [0.5, 0.6) is 0 Å². The van der Waals surface area contributed by atoms with Crippen molar-refractivity contribution in [1.29, 1.82) is 0 Å². The van der Waals surface area contributed by atoms with Crippen LogP contribution < -0.4 is 15.1 Å². The number of aromatic nitrogens is 4. The Hall–Kier alpha value is -4.65. The summed E-state index contributed by atoms with van der Waals surface area (Å²) in [4.78, 5) is 21.5. The van der Waals surface area contributed by atoms with Crippen molar-refractivity contribution in [1.82, 2.24) is 24.2 Å². The van der Waals surface area contributed by atoms with Gasteiger partial charge in [-0.3, -0.25) is 0 Å². The second kappa shape index (κ2) is 13.9. The smallest absolute Gasteiger partial charge is 0.227 e. The maximum absolute atomic E-state index is 15.0. The van der Waals surface area contributed by atoms with E-state index in [2.05, 4.69) is 20.3 Å². The number of sulfonamides is 1. The van der Waals surface area contributed by atoms with Crippen LogP contribution in [0.15, 0.2) is 71.9 Å². The Labute approximate surface area is 291 Å². The molecule has 1 aliphatic heterocycles. The van der Waals surface area contributed by atoms with E-state index in [1.54, 1.807) is 37.5 Å². The highest BCUT2D eigenvalue weighted by Crippen LogP contribution is 2.40. The van der Waals surface area contributed by atoms with Crippen LogP contribution in [-0.4, -0.2) is 87.6 Å². The normalized spacial score (nSPS) is 14.2. The topological polar surface area (TPSA) is 142 Å². The second-order valence-corrected chi connectivity index (χ2v) is 16.5. The zero-order chi connectivity index (χ0) is 35.8. The first-order valence-corrected chi connectivity index (χ1v) is 19.4. The fraction of sp³-hybridized carbons (Fsp3) is 0.250. The molecule has 0 unspecified atom stereocenters. The zero-order valence-electron chi connectivity index (χ0n) is 27.0. The molecule has 0 radical (unpaired) electrons. The van der Waals surface area contributed by atoms with Gasteiger partial charge in [-0.25, -0.2) is 49.9 Å². The lowest BCUT2D eigenvalue weighted by Gasteiger charge is -2.33. The summed E-state index contributed by atoms with van der Waals surface area (Å²) in [5.41, 5.74) is 1.56. The standard InChI is InChI=1S/C32H31F3N8O4S3/c1-41(2)32-40-28(20-7-9-23(33)21(17-20)19-50(46,47)30-24(34)5-4-6-25(30)35)29(48-32)26-11-12-36-31(39-26)38-22-8-10-27(37-18-22)42-13-15-43(16-14-42)49(3,44)45/h4-12,17-18H,13-16,19H2,1-3H3,(H,36,38,39). The molecule has 0 atom stereocenters. The van der Waals surface area contributed by atoms with Crippen molar-refractivity contribution in [2.45, 2.75) is 10.6 Å². The van der Waals surface area contributed by atoms with Crippen LogP contribution in [-0.2, 0) is 25.6 Å². The molecular formula is C32H31F3N8O4S3. The van der Waals surface area contributed by atoms with Gasteiger partial charge in [0, 0.05) is 57.6 Å². The number of hydrogen-bond acceptors (Lipinski definition) is 12. The SMILES string of the molecule is CN(C)c1nc(-c2ccc(F)c(CS(=O)(=O)c3c(F)cccc3F)c2)c(-c2ccnc(Nc3ccc(N4CCN(S(C)(=O)=O)CC4)nc3)n2)s1. The van der Waals surface area contributed by atoms with E-state index < -0.39 is 48.0 Å². The largest absolute Gasteiger partial charge is 0.354 e. The highest BCUT2D eigenvalue weighted by atomic mass is 32.2. The molecule has 3 aromatic heterocycles. The third-order valence-electron chi connectivity index (χ3n) is 7.82. The Morgan fingerprint density at radius 2 is 1.60 bits per heavy atom. The number of benzene rings is 2. The molecule has 18 heteroatoms. The predicted molar refractivity (Wildman–Crippen MR) is 186 cm³/mol. The van der Waals surface area contributed by atoms with Gasteiger partial charge >= 0.3 is 0 Å². The number of sulfone groups is 1. The number of hydrogen-bond donors (Lipinski definition) is 1. The molecule has 0 aliphatic carbocycles. The van der Waals surface area contributed by atoms with Crippen molar-refractivity contribution in [2.75, 3.05) is 61.6 Å². The molecule has 6 rings (SSSR count). The summed E-state index contributed by atoms with van der Waals surface area (Å²) in [5.74, 6) is -3.40. The van der Waals surface area contributed by atoms with Gasteiger partial charge in [-0.05, 0) is 48.5 Å². The van der Waals surface area contributed by atoms with Crippen LogP contribution in [0.4, 0.5) is 35.8 Å². The predicted octanol–water partition coefficient (Wildman–Crippen LogP) is 4.94. The minimum absolute atomic E-state index is 0.252. The molecule has 262 valence electrons. The van der Waals surface area contributed by atoms with Gasteiger partial charge in [0.1, 0.15) is 28.2 Å². The van der Waals surface area contributed by atoms with Gasteiger partial charge in [0.15, 0.2) is 15.0 Å². The fourth-order valence-corrected chi connectivity index (χ4v) is 8.64. The molecule has 0 amide bonds. The van der Waals surface area contributed by atoms with Gasteiger partial charge in [-0.2, -0.15) is 4.31 Å². The van der Waals surface area contributed by atoms with E-state index in [1.165, 1.54) is 34.0 Å². The summed E-state index contributed by atoms with van der Waals surface area (Å²) in [7, 11) is -4.24. The van der Waals surface area contributed by atoms with E-state index in [0.717, 1.165) is 24.3 Å². The van der Waals surface area contributed by atoms with Gasteiger partial charge in [-0.1, -0.05) is 17.4 Å². The number of pyridine rings is 1. The van der Waals surface area contributed by atoms with Crippen LogP contribution in [0.1, 0.15) is 5.56 Å². The molecule has 1 aliphatic rings. The lowest BCUT2D eigenvalue weighted by Crippen LogP contribution is -2.48. The molecule has 1 fully saturated rings. The molecule has 50 heavy (non-hydrogen) atoms. The molecule has 0 saturated carbocycles. The fourth-order valence-electron chi connectivity index (χ4n) is 5.33. The molecule has 0 spiro atoms. The Kier molecular flexibility index (Phi) is 9.80. The minimum Gasteiger partial charge on any atom is -0.354 e. The summed E-state index contributed by atoms with van der Waals surface area (Å²) in [6.45, 7) is 1.78. The molecular weight excluding hydrogens is 714 g/mol. The van der Waals surface area contributed by atoms with Gasteiger partial charge in [0.25, 0.3) is 0 Å². The monoisotopic (exact) mass is 744 g/mol. The first kappa shape index (κ1) is 35.2. The Bertz CT molecular complexity index is 2240. The Balaban J connectivity index is 1.26. The van der Waals surface area contributed by atoms with Crippen molar-refractivity contribution in [3.8, 4) is 21.8 Å². The molecule has 1 N–H and O–H groups in total. The average Bonchev–Trinajstić information content (AvgIpc) is 3.52. The number of anilines is 4. The highest BCUT2D eigenvalue weighted by molar-refractivity contribution is 7.90.